The zero-order valence-electron chi connectivity index (χ0n) is 11.5. The van der Waals surface area contributed by atoms with E-state index in [0.717, 1.165) is 24.3 Å². The lowest BCUT2D eigenvalue weighted by atomic mass is 10.2. The van der Waals surface area contributed by atoms with Crippen molar-refractivity contribution in [3.63, 3.8) is 0 Å². The van der Waals surface area contributed by atoms with Gasteiger partial charge in [-0.2, -0.15) is 5.10 Å². The molecule has 2 aromatic rings. The maximum Gasteiger partial charge on any atom is 0.241 e. The Kier molecular flexibility index (Phi) is 3.14. The van der Waals surface area contributed by atoms with Crippen molar-refractivity contribution < 1.29 is 14.2 Å². The van der Waals surface area contributed by atoms with E-state index < -0.39 is 0 Å². The van der Waals surface area contributed by atoms with Crippen LogP contribution < -0.4 is 19.9 Å². The van der Waals surface area contributed by atoms with Crippen LogP contribution in [-0.4, -0.2) is 16.6 Å². The third-order valence-corrected chi connectivity index (χ3v) is 3.15. The molecule has 3 rings (SSSR count). The number of nitrogens with two attached hydrogens (primary N) is 1. The van der Waals surface area contributed by atoms with Gasteiger partial charge in [0.2, 0.25) is 12.7 Å². The van der Waals surface area contributed by atoms with Gasteiger partial charge in [-0.1, -0.05) is 13.3 Å². The Bertz CT molecular complexity index is 637. The van der Waals surface area contributed by atoms with Gasteiger partial charge in [0.25, 0.3) is 0 Å². The average Bonchev–Trinajstić information content (AvgIpc) is 2.99. The first kappa shape index (κ1) is 12.7. The van der Waals surface area contributed by atoms with E-state index in [-0.39, 0.29) is 6.79 Å². The van der Waals surface area contributed by atoms with Gasteiger partial charge >= 0.3 is 0 Å². The summed E-state index contributed by atoms with van der Waals surface area (Å²) >= 11 is 0. The van der Waals surface area contributed by atoms with Gasteiger partial charge in [-0.3, -0.25) is 0 Å². The minimum Gasteiger partial charge on any atom is -0.454 e. The highest BCUT2D eigenvalue weighted by Gasteiger charge is 2.17. The quantitative estimate of drug-likeness (QED) is 0.928. The summed E-state index contributed by atoms with van der Waals surface area (Å²) in [6.45, 7) is 2.33. The number of rotatable bonds is 4. The van der Waals surface area contributed by atoms with E-state index in [0.29, 0.717) is 23.1 Å². The molecule has 106 valence electrons. The fourth-order valence-corrected chi connectivity index (χ4v) is 2.17. The molecule has 0 unspecified atom stereocenters. The standard InChI is InChI=1S/C14H17N3O3/c1-3-4-10-13(15)14(17(2)16-10)20-9-5-6-11-12(7-9)19-8-18-11/h5-7H,3-4,8,15H2,1-2H3. The predicted octanol–water partition coefficient (Wildman–Crippen LogP) is 2.48. The van der Waals surface area contributed by atoms with Gasteiger partial charge in [0, 0.05) is 13.1 Å². The van der Waals surface area contributed by atoms with Gasteiger partial charge in [0.1, 0.15) is 11.4 Å². The molecule has 2 heterocycles. The second kappa shape index (κ2) is 4.96. The van der Waals surface area contributed by atoms with Crippen LogP contribution in [0.3, 0.4) is 0 Å². The van der Waals surface area contributed by atoms with Crippen LogP contribution in [0.15, 0.2) is 18.2 Å². The average molecular weight is 275 g/mol. The van der Waals surface area contributed by atoms with Gasteiger partial charge in [-0.15, -0.1) is 0 Å². The van der Waals surface area contributed by atoms with Crippen molar-refractivity contribution in [2.24, 2.45) is 7.05 Å². The van der Waals surface area contributed by atoms with E-state index in [2.05, 4.69) is 12.0 Å². The van der Waals surface area contributed by atoms with Crippen LogP contribution in [0.25, 0.3) is 0 Å². The molecule has 2 N–H and O–H groups in total. The number of fused-ring (bicyclic) bond motifs is 1. The monoisotopic (exact) mass is 275 g/mol. The minimum absolute atomic E-state index is 0.243. The Labute approximate surface area is 117 Å². The van der Waals surface area contributed by atoms with Crippen LogP contribution in [0.1, 0.15) is 19.0 Å². The van der Waals surface area contributed by atoms with E-state index in [4.69, 9.17) is 19.9 Å². The Balaban J connectivity index is 1.87. The first-order valence-corrected chi connectivity index (χ1v) is 6.58. The Morgan fingerprint density at radius 1 is 1.35 bits per heavy atom. The highest BCUT2D eigenvalue weighted by Crippen LogP contribution is 2.38. The molecule has 1 aliphatic rings. The zero-order chi connectivity index (χ0) is 14.1. The summed E-state index contributed by atoms with van der Waals surface area (Å²) in [4.78, 5) is 0. The van der Waals surface area contributed by atoms with Crippen LogP contribution >= 0.6 is 0 Å². The van der Waals surface area contributed by atoms with Crippen molar-refractivity contribution >= 4 is 5.69 Å². The second-order valence-electron chi connectivity index (χ2n) is 4.66. The van der Waals surface area contributed by atoms with E-state index in [1.165, 1.54) is 0 Å². The molecular weight excluding hydrogens is 258 g/mol. The third kappa shape index (κ3) is 2.13. The molecule has 0 aliphatic carbocycles. The molecule has 0 amide bonds. The van der Waals surface area contributed by atoms with E-state index in [1.807, 2.05) is 19.2 Å². The maximum atomic E-state index is 6.09. The van der Waals surface area contributed by atoms with Crippen LogP contribution in [0.5, 0.6) is 23.1 Å². The Hall–Kier alpha value is -2.37. The molecular formula is C14H17N3O3. The van der Waals surface area contributed by atoms with E-state index in [9.17, 15) is 0 Å². The Morgan fingerprint density at radius 2 is 2.15 bits per heavy atom. The van der Waals surface area contributed by atoms with Crippen molar-refractivity contribution in [1.29, 1.82) is 0 Å². The van der Waals surface area contributed by atoms with Crippen LogP contribution in [-0.2, 0) is 13.5 Å². The molecule has 1 aliphatic heterocycles. The normalized spacial score (nSPS) is 12.7. The number of anilines is 1. The summed E-state index contributed by atoms with van der Waals surface area (Å²) in [6.07, 6.45) is 1.83. The molecule has 0 saturated heterocycles. The van der Waals surface area contributed by atoms with Gasteiger partial charge in [0.15, 0.2) is 11.5 Å². The van der Waals surface area contributed by atoms with Gasteiger partial charge in [-0.05, 0) is 18.6 Å². The van der Waals surface area contributed by atoms with Gasteiger partial charge < -0.3 is 19.9 Å². The number of hydrogen-bond donors (Lipinski definition) is 1. The van der Waals surface area contributed by atoms with Gasteiger partial charge in [0.05, 0.1) is 5.69 Å². The Morgan fingerprint density at radius 3 is 2.95 bits per heavy atom. The first-order valence-electron chi connectivity index (χ1n) is 6.58. The predicted molar refractivity (Wildman–Crippen MR) is 74.3 cm³/mol. The van der Waals surface area contributed by atoms with Gasteiger partial charge in [-0.25, -0.2) is 4.68 Å². The lowest BCUT2D eigenvalue weighted by Crippen LogP contribution is -1.97. The zero-order valence-corrected chi connectivity index (χ0v) is 11.5. The summed E-state index contributed by atoms with van der Waals surface area (Å²) in [6, 6.07) is 5.42. The molecule has 20 heavy (non-hydrogen) atoms. The lowest BCUT2D eigenvalue weighted by molar-refractivity contribution is 0.174. The molecule has 1 aromatic heterocycles. The summed E-state index contributed by atoms with van der Waals surface area (Å²) in [7, 11) is 1.82. The summed E-state index contributed by atoms with van der Waals surface area (Å²) < 4.78 is 18.1. The van der Waals surface area contributed by atoms with Crippen molar-refractivity contribution in [1.82, 2.24) is 9.78 Å². The number of nitrogen functional groups attached to an aromatic ring is 1. The molecule has 0 atom stereocenters. The molecule has 0 spiro atoms. The smallest absolute Gasteiger partial charge is 0.241 e. The lowest BCUT2D eigenvalue weighted by Gasteiger charge is -2.07. The number of hydrogen-bond acceptors (Lipinski definition) is 5. The van der Waals surface area contributed by atoms with E-state index in [1.54, 1.807) is 10.7 Å². The summed E-state index contributed by atoms with van der Waals surface area (Å²) in [5.41, 5.74) is 7.54. The molecule has 0 radical (unpaired) electrons. The van der Waals surface area contributed by atoms with Crippen molar-refractivity contribution in [3.05, 3.63) is 23.9 Å². The summed E-state index contributed by atoms with van der Waals surface area (Å²) in [5.74, 6) is 2.60. The molecule has 6 heteroatoms. The first-order chi connectivity index (χ1) is 9.69. The highest BCUT2D eigenvalue weighted by molar-refractivity contribution is 5.55. The van der Waals surface area contributed by atoms with Crippen LogP contribution in [0.4, 0.5) is 5.69 Å². The highest BCUT2D eigenvalue weighted by atomic mass is 16.7. The van der Waals surface area contributed by atoms with E-state index >= 15 is 0 Å². The third-order valence-electron chi connectivity index (χ3n) is 3.15. The molecule has 0 saturated carbocycles. The minimum atomic E-state index is 0.243. The second-order valence-corrected chi connectivity index (χ2v) is 4.66. The topological polar surface area (TPSA) is 71.5 Å². The number of ether oxygens (including phenoxy) is 3. The number of benzene rings is 1. The fraction of sp³-hybridized carbons (Fsp3) is 0.357. The SMILES string of the molecule is CCCc1nn(C)c(Oc2ccc3c(c2)OCO3)c1N. The largest absolute Gasteiger partial charge is 0.454 e. The van der Waals surface area contributed by atoms with Crippen molar-refractivity contribution in [2.75, 3.05) is 12.5 Å². The summed E-state index contributed by atoms with van der Waals surface area (Å²) in [5, 5.41) is 4.38. The molecule has 0 fully saturated rings. The number of aromatic nitrogens is 2. The molecule has 1 aromatic carbocycles. The van der Waals surface area contributed by atoms with Crippen molar-refractivity contribution in [2.45, 2.75) is 19.8 Å². The van der Waals surface area contributed by atoms with Crippen molar-refractivity contribution in [3.8, 4) is 23.1 Å². The van der Waals surface area contributed by atoms with Crippen LogP contribution in [0, 0.1) is 0 Å². The fourth-order valence-electron chi connectivity index (χ4n) is 2.17. The van der Waals surface area contributed by atoms with Crippen LogP contribution in [0.2, 0.25) is 0 Å². The molecule has 0 bridgehead atoms. The maximum absolute atomic E-state index is 6.09. The molecule has 6 nitrogen and oxygen atoms in total. The number of aryl methyl sites for hydroxylation is 2. The number of nitrogens with zero attached hydrogens (tertiary/aromatic N) is 2.